The van der Waals surface area contributed by atoms with Crippen LogP contribution >= 0.6 is 0 Å². The normalized spacial score (nSPS) is 31.9. The van der Waals surface area contributed by atoms with Crippen molar-refractivity contribution in [2.45, 2.75) is 57.5 Å². The molecule has 3 aliphatic rings. The molecule has 130 valence electrons. The Bertz CT molecular complexity index is 648. The number of tetrazole rings is 1. The van der Waals surface area contributed by atoms with Crippen molar-refractivity contribution >= 4 is 11.8 Å². The standard InChI is InChI=1S/C15H22N6O3/c1-10(2)11-8-24-15-4-6-20(12(15)7-14(23)21(11)15)13(22)3-5-19-9-16-17-18-19/h9-12H,3-8H2,1-2H3/t11-,12+,15-/m0/s1. The summed E-state index contributed by atoms with van der Waals surface area (Å²) in [5.74, 6) is 0.476. The summed E-state index contributed by atoms with van der Waals surface area (Å²) in [6, 6.07) is -0.0612. The van der Waals surface area contributed by atoms with Gasteiger partial charge in [0.2, 0.25) is 11.8 Å². The van der Waals surface area contributed by atoms with Crippen molar-refractivity contribution in [1.29, 1.82) is 0 Å². The van der Waals surface area contributed by atoms with Crippen LogP contribution in [-0.4, -0.2) is 72.8 Å². The van der Waals surface area contributed by atoms with Gasteiger partial charge in [0.15, 0.2) is 5.72 Å². The van der Waals surface area contributed by atoms with E-state index >= 15 is 0 Å². The summed E-state index contributed by atoms with van der Waals surface area (Å²) in [7, 11) is 0. The first-order chi connectivity index (χ1) is 11.5. The third-order valence-electron chi connectivity index (χ3n) is 5.52. The van der Waals surface area contributed by atoms with Gasteiger partial charge in [-0.3, -0.25) is 9.59 Å². The molecule has 1 aromatic heterocycles. The van der Waals surface area contributed by atoms with Gasteiger partial charge >= 0.3 is 0 Å². The molecule has 1 spiro atoms. The molecule has 3 fully saturated rings. The number of carbonyl (C=O) groups is 2. The van der Waals surface area contributed by atoms with Crippen LogP contribution in [0.5, 0.6) is 0 Å². The van der Waals surface area contributed by atoms with Gasteiger partial charge in [-0.1, -0.05) is 13.8 Å². The third-order valence-corrected chi connectivity index (χ3v) is 5.52. The summed E-state index contributed by atoms with van der Waals surface area (Å²) in [5.41, 5.74) is -0.601. The van der Waals surface area contributed by atoms with E-state index in [-0.39, 0.29) is 23.9 Å². The molecule has 0 aliphatic carbocycles. The first kappa shape index (κ1) is 15.5. The van der Waals surface area contributed by atoms with Gasteiger partial charge in [0.25, 0.3) is 0 Å². The molecule has 0 saturated carbocycles. The van der Waals surface area contributed by atoms with E-state index in [2.05, 4.69) is 29.4 Å². The van der Waals surface area contributed by atoms with E-state index < -0.39 is 5.72 Å². The summed E-state index contributed by atoms with van der Waals surface area (Å²) >= 11 is 0. The number of hydrogen-bond acceptors (Lipinski definition) is 6. The molecule has 9 heteroatoms. The molecule has 0 N–H and O–H groups in total. The maximum atomic E-state index is 12.6. The number of aryl methyl sites for hydroxylation is 1. The lowest BCUT2D eigenvalue weighted by molar-refractivity contribution is -0.141. The molecule has 0 unspecified atom stereocenters. The minimum Gasteiger partial charge on any atom is -0.351 e. The monoisotopic (exact) mass is 334 g/mol. The highest BCUT2D eigenvalue weighted by molar-refractivity contribution is 5.85. The molecule has 4 rings (SSSR count). The summed E-state index contributed by atoms with van der Waals surface area (Å²) in [4.78, 5) is 29.0. The average molecular weight is 334 g/mol. The molecule has 4 heterocycles. The van der Waals surface area contributed by atoms with Crippen molar-refractivity contribution < 1.29 is 14.3 Å². The van der Waals surface area contributed by atoms with Crippen LogP contribution in [0.1, 0.15) is 33.1 Å². The van der Waals surface area contributed by atoms with Crippen molar-refractivity contribution in [3.63, 3.8) is 0 Å². The number of likely N-dealkylation sites (tertiary alicyclic amines) is 1. The van der Waals surface area contributed by atoms with E-state index in [1.54, 1.807) is 0 Å². The number of ether oxygens (including phenoxy) is 1. The Morgan fingerprint density at radius 3 is 3.04 bits per heavy atom. The number of amides is 2. The highest BCUT2D eigenvalue weighted by Crippen LogP contribution is 2.48. The van der Waals surface area contributed by atoms with E-state index in [0.717, 1.165) is 0 Å². The van der Waals surface area contributed by atoms with Crippen molar-refractivity contribution in [2.24, 2.45) is 5.92 Å². The second-order valence-corrected chi connectivity index (χ2v) is 7.11. The molecule has 0 aromatic carbocycles. The minimum atomic E-state index is -0.601. The van der Waals surface area contributed by atoms with E-state index in [4.69, 9.17) is 4.74 Å². The molecular weight excluding hydrogens is 312 g/mol. The van der Waals surface area contributed by atoms with Gasteiger partial charge in [-0.05, 0) is 16.3 Å². The quantitative estimate of drug-likeness (QED) is 0.747. The molecule has 0 bridgehead atoms. The van der Waals surface area contributed by atoms with Gasteiger partial charge in [-0.2, -0.15) is 0 Å². The van der Waals surface area contributed by atoms with Gasteiger partial charge < -0.3 is 14.5 Å². The smallest absolute Gasteiger partial charge is 0.227 e. The maximum absolute atomic E-state index is 12.6. The molecule has 2 amide bonds. The fourth-order valence-corrected chi connectivity index (χ4v) is 4.31. The van der Waals surface area contributed by atoms with Gasteiger partial charge in [0.1, 0.15) is 6.33 Å². The fourth-order valence-electron chi connectivity index (χ4n) is 4.31. The highest BCUT2D eigenvalue weighted by Gasteiger charge is 2.65. The van der Waals surface area contributed by atoms with E-state index in [1.165, 1.54) is 11.0 Å². The number of aromatic nitrogens is 4. The second kappa shape index (κ2) is 5.51. The number of nitrogens with zero attached hydrogens (tertiary/aromatic N) is 6. The Labute approximate surface area is 139 Å². The number of hydrogen-bond donors (Lipinski definition) is 0. The van der Waals surface area contributed by atoms with E-state index in [1.807, 2.05) is 9.80 Å². The lowest BCUT2D eigenvalue weighted by atomic mass is 10.0. The zero-order chi connectivity index (χ0) is 16.9. The SMILES string of the molecule is CC(C)[C@@H]1CO[C@@]23CCN(C(=O)CCn4cnnn4)[C@@H]2CC(=O)N13. The minimum absolute atomic E-state index is 0.0265. The van der Waals surface area contributed by atoms with Crippen LogP contribution in [0.4, 0.5) is 0 Å². The zero-order valence-electron chi connectivity index (χ0n) is 14.0. The van der Waals surface area contributed by atoms with Crippen molar-refractivity contribution in [3.05, 3.63) is 6.33 Å². The van der Waals surface area contributed by atoms with Gasteiger partial charge in [-0.15, -0.1) is 5.10 Å². The van der Waals surface area contributed by atoms with Gasteiger partial charge in [0.05, 0.1) is 31.7 Å². The summed E-state index contributed by atoms with van der Waals surface area (Å²) in [6.45, 7) is 5.85. The van der Waals surface area contributed by atoms with Crippen LogP contribution in [0, 0.1) is 5.92 Å². The predicted molar refractivity (Wildman–Crippen MR) is 81.3 cm³/mol. The van der Waals surface area contributed by atoms with Crippen molar-refractivity contribution in [3.8, 4) is 0 Å². The molecule has 3 aliphatic heterocycles. The lowest BCUT2D eigenvalue weighted by Crippen LogP contribution is -2.51. The average Bonchev–Trinajstić information content (AvgIpc) is 3.27. The van der Waals surface area contributed by atoms with Crippen LogP contribution in [0.25, 0.3) is 0 Å². The Morgan fingerprint density at radius 1 is 1.50 bits per heavy atom. The zero-order valence-corrected chi connectivity index (χ0v) is 14.0. The van der Waals surface area contributed by atoms with Crippen LogP contribution in [0.15, 0.2) is 6.33 Å². The maximum Gasteiger partial charge on any atom is 0.227 e. The molecule has 3 atom stereocenters. The molecular formula is C15H22N6O3. The molecule has 0 radical (unpaired) electrons. The largest absolute Gasteiger partial charge is 0.351 e. The van der Waals surface area contributed by atoms with E-state index in [9.17, 15) is 9.59 Å². The summed E-state index contributed by atoms with van der Waals surface area (Å²) < 4.78 is 7.68. The third kappa shape index (κ3) is 2.14. The highest BCUT2D eigenvalue weighted by atomic mass is 16.5. The Balaban J connectivity index is 1.49. The van der Waals surface area contributed by atoms with Gasteiger partial charge in [0, 0.05) is 19.4 Å². The summed E-state index contributed by atoms with van der Waals surface area (Å²) in [6.07, 6.45) is 2.87. The van der Waals surface area contributed by atoms with Crippen molar-refractivity contribution in [2.75, 3.05) is 13.2 Å². The van der Waals surface area contributed by atoms with Crippen LogP contribution in [0.3, 0.4) is 0 Å². The summed E-state index contributed by atoms with van der Waals surface area (Å²) in [5, 5.41) is 10.9. The molecule has 24 heavy (non-hydrogen) atoms. The topological polar surface area (TPSA) is 93.5 Å². The first-order valence-electron chi connectivity index (χ1n) is 8.49. The second-order valence-electron chi connectivity index (χ2n) is 7.11. The van der Waals surface area contributed by atoms with Crippen molar-refractivity contribution in [1.82, 2.24) is 30.0 Å². The van der Waals surface area contributed by atoms with Crippen LogP contribution < -0.4 is 0 Å². The Kier molecular flexibility index (Phi) is 3.56. The fraction of sp³-hybridized carbons (Fsp3) is 0.800. The Hall–Kier alpha value is -2.03. The van der Waals surface area contributed by atoms with E-state index in [0.29, 0.717) is 44.9 Å². The van der Waals surface area contributed by atoms with Crippen LogP contribution in [0.2, 0.25) is 0 Å². The predicted octanol–water partition coefficient (Wildman–Crippen LogP) is -0.352. The molecule has 3 saturated heterocycles. The van der Waals surface area contributed by atoms with Crippen LogP contribution in [-0.2, 0) is 20.9 Å². The number of rotatable bonds is 4. The first-order valence-corrected chi connectivity index (χ1v) is 8.49. The lowest BCUT2D eigenvalue weighted by Gasteiger charge is -2.34. The molecule has 9 nitrogen and oxygen atoms in total. The van der Waals surface area contributed by atoms with Gasteiger partial charge in [-0.25, -0.2) is 4.68 Å². The number of carbonyl (C=O) groups excluding carboxylic acids is 2. The Morgan fingerprint density at radius 2 is 2.33 bits per heavy atom. The molecule has 1 aromatic rings.